The van der Waals surface area contributed by atoms with Crippen LogP contribution in [0.25, 0.3) is 0 Å². The van der Waals surface area contributed by atoms with Gasteiger partial charge in [0.25, 0.3) is 15.9 Å². The molecule has 0 aromatic heterocycles. The van der Waals surface area contributed by atoms with E-state index in [0.717, 1.165) is 9.87 Å². The largest absolute Gasteiger partial charge is 0.349 e. The second-order valence-corrected chi connectivity index (χ2v) is 10.1. The van der Waals surface area contributed by atoms with Gasteiger partial charge in [-0.2, -0.15) is 0 Å². The van der Waals surface area contributed by atoms with Crippen LogP contribution in [0.15, 0.2) is 84.3 Å². The van der Waals surface area contributed by atoms with Gasteiger partial charge in [0.05, 0.1) is 21.8 Å². The fourth-order valence-corrected chi connectivity index (χ4v) is 5.00. The molecule has 0 bridgehead atoms. The summed E-state index contributed by atoms with van der Waals surface area (Å²) in [6.45, 7) is 6.89. The van der Waals surface area contributed by atoms with Crippen LogP contribution in [0.2, 0.25) is 5.02 Å². The molecule has 182 valence electrons. The Bertz CT molecular complexity index is 1360. The molecule has 0 atom stereocenters. The standard InChI is InChI=1S/C26H26ClN3O4S/c1-4-15-28-26(32)22-7-5-6-8-23(22)29-25(31)17-30(24-16-20(27)12-11-19(24)3)35(33,34)21-13-9-18(2)10-14-21/h4-14,16H,1,15,17H2,2-3H3,(H,28,32)(H,29,31). The topological polar surface area (TPSA) is 95.6 Å². The molecule has 2 N–H and O–H groups in total. The predicted molar refractivity (Wildman–Crippen MR) is 140 cm³/mol. The quantitative estimate of drug-likeness (QED) is 0.407. The Labute approximate surface area is 210 Å². The number of aryl methyl sites for hydroxylation is 2. The molecule has 35 heavy (non-hydrogen) atoms. The Morgan fingerprint density at radius 1 is 1.03 bits per heavy atom. The average molecular weight is 512 g/mol. The lowest BCUT2D eigenvalue weighted by atomic mass is 10.1. The number of halogens is 1. The lowest BCUT2D eigenvalue weighted by molar-refractivity contribution is -0.114. The number of carbonyl (C=O) groups is 2. The summed E-state index contributed by atoms with van der Waals surface area (Å²) in [5.41, 5.74) is 2.31. The fourth-order valence-electron chi connectivity index (χ4n) is 3.36. The Morgan fingerprint density at radius 2 is 1.71 bits per heavy atom. The van der Waals surface area contributed by atoms with Crippen molar-refractivity contribution in [2.75, 3.05) is 22.7 Å². The average Bonchev–Trinajstić information content (AvgIpc) is 2.83. The number of carbonyl (C=O) groups excluding carboxylic acids is 2. The third-order valence-electron chi connectivity index (χ3n) is 5.19. The highest BCUT2D eigenvalue weighted by Crippen LogP contribution is 2.30. The molecule has 0 saturated carbocycles. The van der Waals surface area contributed by atoms with E-state index in [4.69, 9.17) is 11.6 Å². The van der Waals surface area contributed by atoms with Crippen LogP contribution in [0.5, 0.6) is 0 Å². The van der Waals surface area contributed by atoms with Crippen molar-refractivity contribution in [3.05, 3.63) is 101 Å². The summed E-state index contributed by atoms with van der Waals surface area (Å²) >= 11 is 6.17. The van der Waals surface area contributed by atoms with Crippen molar-refractivity contribution in [2.24, 2.45) is 0 Å². The molecule has 0 saturated heterocycles. The highest BCUT2D eigenvalue weighted by Gasteiger charge is 2.29. The van der Waals surface area contributed by atoms with Gasteiger partial charge in [0, 0.05) is 11.6 Å². The number of hydrogen-bond acceptors (Lipinski definition) is 4. The maximum absolute atomic E-state index is 13.6. The summed E-state index contributed by atoms with van der Waals surface area (Å²) in [5.74, 6) is -1.01. The molecule has 3 aromatic carbocycles. The van der Waals surface area contributed by atoms with Gasteiger partial charge in [0.1, 0.15) is 6.54 Å². The van der Waals surface area contributed by atoms with Gasteiger partial charge in [-0.15, -0.1) is 6.58 Å². The van der Waals surface area contributed by atoms with E-state index >= 15 is 0 Å². The Morgan fingerprint density at radius 3 is 2.40 bits per heavy atom. The van der Waals surface area contributed by atoms with E-state index in [2.05, 4.69) is 17.2 Å². The van der Waals surface area contributed by atoms with Crippen LogP contribution in [0.3, 0.4) is 0 Å². The number of para-hydroxylation sites is 1. The predicted octanol–water partition coefficient (Wildman–Crippen LogP) is 4.71. The number of anilines is 2. The van der Waals surface area contributed by atoms with E-state index in [9.17, 15) is 18.0 Å². The van der Waals surface area contributed by atoms with Gasteiger partial charge in [-0.1, -0.05) is 53.6 Å². The molecule has 3 rings (SSSR count). The zero-order valence-electron chi connectivity index (χ0n) is 19.4. The summed E-state index contributed by atoms with van der Waals surface area (Å²) in [4.78, 5) is 25.6. The number of hydrogen-bond donors (Lipinski definition) is 2. The minimum atomic E-state index is -4.11. The van der Waals surface area contributed by atoms with Crippen molar-refractivity contribution >= 4 is 44.8 Å². The summed E-state index contributed by atoms with van der Waals surface area (Å²) in [7, 11) is -4.11. The number of nitrogens with zero attached hydrogens (tertiary/aromatic N) is 1. The van der Waals surface area contributed by atoms with Gasteiger partial charge in [-0.3, -0.25) is 13.9 Å². The lowest BCUT2D eigenvalue weighted by Crippen LogP contribution is -2.39. The molecule has 3 aromatic rings. The van der Waals surface area contributed by atoms with Crippen molar-refractivity contribution in [3.63, 3.8) is 0 Å². The van der Waals surface area contributed by atoms with Crippen LogP contribution >= 0.6 is 11.6 Å². The van der Waals surface area contributed by atoms with Crippen molar-refractivity contribution in [1.29, 1.82) is 0 Å². The molecule has 0 radical (unpaired) electrons. The second-order valence-electron chi connectivity index (χ2n) is 7.85. The molecule has 0 spiro atoms. The van der Waals surface area contributed by atoms with Gasteiger partial charge in [-0.25, -0.2) is 8.42 Å². The zero-order chi connectivity index (χ0) is 25.6. The normalized spacial score (nSPS) is 10.9. The van der Waals surface area contributed by atoms with Crippen LogP contribution in [-0.4, -0.2) is 33.3 Å². The summed E-state index contributed by atoms with van der Waals surface area (Å²) in [6, 6.07) is 17.7. The van der Waals surface area contributed by atoms with Crippen LogP contribution in [-0.2, 0) is 14.8 Å². The molecule has 0 heterocycles. The minimum absolute atomic E-state index is 0.0412. The third kappa shape index (κ3) is 6.29. The van der Waals surface area contributed by atoms with Crippen LogP contribution in [0.4, 0.5) is 11.4 Å². The summed E-state index contributed by atoms with van der Waals surface area (Å²) < 4.78 is 28.3. The van der Waals surface area contributed by atoms with E-state index in [1.165, 1.54) is 18.2 Å². The minimum Gasteiger partial charge on any atom is -0.349 e. The first-order valence-electron chi connectivity index (χ1n) is 10.8. The highest BCUT2D eigenvalue weighted by atomic mass is 35.5. The van der Waals surface area contributed by atoms with Crippen molar-refractivity contribution in [1.82, 2.24) is 5.32 Å². The molecular weight excluding hydrogens is 486 g/mol. The number of nitrogens with one attached hydrogen (secondary N) is 2. The molecular formula is C26H26ClN3O4S. The second kappa shape index (κ2) is 11.2. The van der Waals surface area contributed by atoms with E-state index in [-0.39, 0.29) is 28.4 Å². The van der Waals surface area contributed by atoms with E-state index in [1.807, 2.05) is 6.92 Å². The first-order chi connectivity index (χ1) is 16.6. The Balaban J connectivity index is 1.97. The SMILES string of the molecule is C=CCNC(=O)c1ccccc1NC(=O)CN(c1cc(Cl)ccc1C)S(=O)(=O)c1ccc(C)cc1. The zero-order valence-corrected chi connectivity index (χ0v) is 21.0. The van der Waals surface area contributed by atoms with E-state index in [0.29, 0.717) is 10.6 Å². The third-order valence-corrected chi connectivity index (χ3v) is 7.20. The number of benzene rings is 3. The molecule has 9 heteroatoms. The van der Waals surface area contributed by atoms with Gasteiger partial charge >= 0.3 is 0 Å². The summed E-state index contributed by atoms with van der Waals surface area (Å²) in [6.07, 6.45) is 1.54. The first-order valence-corrected chi connectivity index (χ1v) is 12.6. The number of rotatable bonds is 9. The summed E-state index contributed by atoms with van der Waals surface area (Å²) in [5, 5.41) is 5.67. The van der Waals surface area contributed by atoms with Crippen molar-refractivity contribution < 1.29 is 18.0 Å². The Kier molecular flexibility index (Phi) is 8.32. The maximum Gasteiger partial charge on any atom is 0.264 e. The van der Waals surface area contributed by atoms with Crippen LogP contribution in [0.1, 0.15) is 21.5 Å². The molecule has 2 amide bonds. The van der Waals surface area contributed by atoms with Gasteiger partial charge < -0.3 is 10.6 Å². The smallest absolute Gasteiger partial charge is 0.264 e. The molecule has 0 fully saturated rings. The molecule has 0 aliphatic rings. The molecule has 0 aliphatic heterocycles. The number of amides is 2. The first kappa shape index (κ1) is 26.0. The van der Waals surface area contributed by atoms with Gasteiger partial charge in [0.2, 0.25) is 5.91 Å². The maximum atomic E-state index is 13.6. The molecule has 0 aliphatic carbocycles. The van der Waals surface area contributed by atoms with Crippen LogP contribution < -0.4 is 14.9 Å². The fraction of sp³-hybridized carbons (Fsp3) is 0.154. The van der Waals surface area contributed by atoms with Gasteiger partial charge in [0.15, 0.2) is 0 Å². The van der Waals surface area contributed by atoms with Crippen LogP contribution in [0, 0.1) is 13.8 Å². The number of sulfonamides is 1. The van der Waals surface area contributed by atoms with Crippen molar-refractivity contribution in [2.45, 2.75) is 18.7 Å². The lowest BCUT2D eigenvalue weighted by Gasteiger charge is -2.26. The van der Waals surface area contributed by atoms with Gasteiger partial charge in [-0.05, 0) is 55.8 Å². The monoisotopic (exact) mass is 511 g/mol. The highest BCUT2D eigenvalue weighted by molar-refractivity contribution is 7.92. The van der Waals surface area contributed by atoms with E-state index in [1.54, 1.807) is 61.5 Å². The molecule has 0 unspecified atom stereocenters. The Hall–Kier alpha value is -3.62. The molecule has 7 nitrogen and oxygen atoms in total. The van der Waals surface area contributed by atoms with E-state index < -0.39 is 28.4 Å². The van der Waals surface area contributed by atoms with Crippen molar-refractivity contribution in [3.8, 4) is 0 Å².